The Hall–Kier alpha value is -2.07. The smallest absolute Gasteiger partial charge is 0.335 e. The van der Waals surface area contributed by atoms with Crippen LogP contribution in [0.3, 0.4) is 0 Å². The second-order valence-corrected chi connectivity index (χ2v) is 4.62. The van der Waals surface area contributed by atoms with Crippen molar-refractivity contribution in [2.45, 2.75) is 12.5 Å². The molecule has 1 aliphatic rings. The SMILES string of the molecule is O=C(O)c1ccc2cc(OCC3CCO3)ccc2c1. The van der Waals surface area contributed by atoms with Gasteiger partial charge in [0.05, 0.1) is 11.7 Å². The molecule has 19 heavy (non-hydrogen) atoms. The van der Waals surface area contributed by atoms with Crippen LogP contribution in [0, 0.1) is 0 Å². The van der Waals surface area contributed by atoms with Crippen molar-refractivity contribution in [1.29, 1.82) is 0 Å². The van der Waals surface area contributed by atoms with Crippen molar-refractivity contribution < 1.29 is 19.4 Å². The summed E-state index contributed by atoms with van der Waals surface area (Å²) < 4.78 is 10.9. The van der Waals surface area contributed by atoms with Gasteiger partial charge in [-0.05, 0) is 35.0 Å². The van der Waals surface area contributed by atoms with E-state index in [4.69, 9.17) is 14.6 Å². The van der Waals surface area contributed by atoms with E-state index in [1.54, 1.807) is 18.2 Å². The molecule has 0 aliphatic carbocycles. The first-order valence-corrected chi connectivity index (χ1v) is 6.24. The topological polar surface area (TPSA) is 55.8 Å². The maximum Gasteiger partial charge on any atom is 0.335 e. The van der Waals surface area contributed by atoms with E-state index in [2.05, 4.69) is 0 Å². The number of carbonyl (C=O) groups is 1. The first-order chi connectivity index (χ1) is 9.22. The minimum absolute atomic E-state index is 0.213. The highest BCUT2D eigenvalue weighted by Gasteiger charge is 2.18. The molecule has 4 nitrogen and oxygen atoms in total. The van der Waals surface area contributed by atoms with Gasteiger partial charge in [-0.15, -0.1) is 0 Å². The van der Waals surface area contributed by atoms with Gasteiger partial charge >= 0.3 is 5.97 Å². The van der Waals surface area contributed by atoms with Crippen molar-refractivity contribution in [1.82, 2.24) is 0 Å². The van der Waals surface area contributed by atoms with Gasteiger partial charge in [-0.25, -0.2) is 4.79 Å². The molecule has 1 unspecified atom stereocenters. The van der Waals surface area contributed by atoms with Crippen LogP contribution in [-0.4, -0.2) is 30.4 Å². The quantitative estimate of drug-likeness (QED) is 0.916. The lowest BCUT2D eigenvalue weighted by Crippen LogP contribution is -2.32. The van der Waals surface area contributed by atoms with E-state index in [-0.39, 0.29) is 6.10 Å². The molecule has 2 aromatic rings. The molecule has 1 heterocycles. The number of aromatic carboxylic acids is 1. The molecule has 4 heteroatoms. The van der Waals surface area contributed by atoms with E-state index in [1.165, 1.54) is 0 Å². The number of rotatable bonds is 4. The second-order valence-electron chi connectivity index (χ2n) is 4.62. The fraction of sp³-hybridized carbons (Fsp3) is 0.267. The fourth-order valence-corrected chi connectivity index (χ4v) is 2.05. The van der Waals surface area contributed by atoms with Crippen molar-refractivity contribution in [3.05, 3.63) is 42.0 Å². The molecule has 0 aromatic heterocycles. The monoisotopic (exact) mass is 258 g/mol. The van der Waals surface area contributed by atoms with Crippen molar-refractivity contribution in [3.63, 3.8) is 0 Å². The molecule has 1 atom stereocenters. The number of carboxylic acid groups (broad SMARTS) is 1. The molecular formula is C15H14O4. The highest BCUT2D eigenvalue weighted by atomic mass is 16.5. The molecule has 98 valence electrons. The normalized spacial score (nSPS) is 18.0. The van der Waals surface area contributed by atoms with Gasteiger partial charge in [-0.2, -0.15) is 0 Å². The maximum absolute atomic E-state index is 10.9. The molecule has 0 bridgehead atoms. The van der Waals surface area contributed by atoms with Crippen LogP contribution in [-0.2, 0) is 4.74 Å². The Morgan fingerprint density at radius 1 is 1.26 bits per heavy atom. The average Bonchev–Trinajstić information content (AvgIpc) is 2.36. The van der Waals surface area contributed by atoms with E-state index < -0.39 is 5.97 Å². The minimum Gasteiger partial charge on any atom is -0.491 e. The molecule has 2 aromatic carbocycles. The Morgan fingerprint density at radius 2 is 2.00 bits per heavy atom. The van der Waals surface area contributed by atoms with Gasteiger partial charge in [-0.3, -0.25) is 0 Å². The zero-order chi connectivity index (χ0) is 13.2. The lowest BCUT2D eigenvalue weighted by atomic mass is 10.1. The van der Waals surface area contributed by atoms with Crippen LogP contribution in [0.5, 0.6) is 5.75 Å². The van der Waals surface area contributed by atoms with Gasteiger partial charge in [-0.1, -0.05) is 12.1 Å². The van der Waals surface area contributed by atoms with Crippen LogP contribution < -0.4 is 4.74 Å². The fourth-order valence-electron chi connectivity index (χ4n) is 2.05. The summed E-state index contributed by atoms with van der Waals surface area (Å²) >= 11 is 0. The molecule has 0 amide bonds. The van der Waals surface area contributed by atoms with E-state index in [9.17, 15) is 4.79 Å². The Bertz CT molecular complexity index is 617. The predicted molar refractivity (Wildman–Crippen MR) is 70.8 cm³/mol. The number of benzene rings is 2. The van der Waals surface area contributed by atoms with Gasteiger partial charge in [0.2, 0.25) is 0 Å². The summed E-state index contributed by atoms with van der Waals surface area (Å²) in [6.07, 6.45) is 1.26. The number of ether oxygens (including phenoxy) is 2. The Balaban J connectivity index is 1.80. The van der Waals surface area contributed by atoms with Crippen molar-refractivity contribution in [2.24, 2.45) is 0 Å². The highest BCUT2D eigenvalue weighted by Crippen LogP contribution is 2.23. The van der Waals surface area contributed by atoms with E-state index >= 15 is 0 Å². The molecule has 0 radical (unpaired) electrons. The van der Waals surface area contributed by atoms with Gasteiger partial charge in [0.25, 0.3) is 0 Å². The molecule has 0 saturated carbocycles. The number of hydrogen-bond acceptors (Lipinski definition) is 3. The van der Waals surface area contributed by atoms with Crippen LogP contribution in [0.15, 0.2) is 36.4 Å². The van der Waals surface area contributed by atoms with Crippen LogP contribution in [0.2, 0.25) is 0 Å². The molecule has 1 N–H and O–H groups in total. The number of hydrogen-bond donors (Lipinski definition) is 1. The minimum atomic E-state index is -0.913. The molecule has 1 fully saturated rings. The Kier molecular flexibility index (Phi) is 3.09. The number of fused-ring (bicyclic) bond motifs is 1. The van der Waals surface area contributed by atoms with Crippen LogP contribution in [0.4, 0.5) is 0 Å². The largest absolute Gasteiger partial charge is 0.491 e. The summed E-state index contributed by atoms with van der Waals surface area (Å²) in [5.74, 6) is -0.129. The van der Waals surface area contributed by atoms with Gasteiger partial charge < -0.3 is 14.6 Å². The third-order valence-electron chi connectivity index (χ3n) is 3.29. The van der Waals surface area contributed by atoms with E-state index in [0.29, 0.717) is 12.2 Å². The third-order valence-corrected chi connectivity index (χ3v) is 3.29. The third kappa shape index (κ3) is 2.53. The standard InChI is InChI=1S/C15H14O4/c16-15(17)12-2-1-11-8-13(4-3-10(11)7-12)19-9-14-5-6-18-14/h1-4,7-8,14H,5-6,9H2,(H,16,17). The first-order valence-electron chi connectivity index (χ1n) is 6.24. The van der Waals surface area contributed by atoms with E-state index in [0.717, 1.165) is 29.5 Å². The van der Waals surface area contributed by atoms with Crippen LogP contribution >= 0.6 is 0 Å². The summed E-state index contributed by atoms with van der Waals surface area (Å²) in [7, 11) is 0. The summed E-state index contributed by atoms with van der Waals surface area (Å²) in [6, 6.07) is 10.7. The van der Waals surface area contributed by atoms with E-state index in [1.807, 2.05) is 18.2 Å². The summed E-state index contributed by atoms with van der Waals surface area (Å²) in [5, 5.41) is 10.8. The predicted octanol–water partition coefficient (Wildman–Crippen LogP) is 2.71. The molecule has 0 spiro atoms. The van der Waals surface area contributed by atoms with Crippen LogP contribution in [0.1, 0.15) is 16.8 Å². The zero-order valence-electron chi connectivity index (χ0n) is 10.3. The number of carboxylic acids is 1. The zero-order valence-corrected chi connectivity index (χ0v) is 10.3. The summed E-state index contributed by atoms with van der Waals surface area (Å²) in [5.41, 5.74) is 0.295. The van der Waals surface area contributed by atoms with Gasteiger partial charge in [0, 0.05) is 13.0 Å². The summed E-state index contributed by atoms with van der Waals surface area (Å²) in [4.78, 5) is 10.9. The average molecular weight is 258 g/mol. The van der Waals surface area contributed by atoms with Crippen molar-refractivity contribution in [3.8, 4) is 5.75 Å². The second kappa shape index (κ2) is 4.90. The van der Waals surface area contributed by atoms with Gasteiger partial charge in [0.1, 0.15) is 12.4 Å². The highest BCUT2D eigenvalue weighted by molar-refractivity contribution is 5.94. The first kappa shape index (κ1) is 12.0. The molecule has 1 saturated heterocycles. The van der Waals surface area contributed by atoms with Gasteiger partial charge in [0.15, 0.2) is 0 Å². The Labute approximate surface area is 110 Å². The molecular weight excluding hydrogens is 244 g/mol. The lowest BCUT2D eigenvalue weighted by molar-refractivity contribution is -0.0720. The molecule has 3 rings (SSSR count). The van der Waals surface area contributed by atoms with Crippen molar-refractivity contribution in [2.75, 3.05) is 13.2 Å². The lowest BCUT2D eigenvalue weighted by Gasteiger charge is -2.26. The summed E-state index contributed by atoms with van der Waals surface area (Å²) in [6.45, 7) is 1.39. The van der Waals surface area contributed by atoms with Crippen LogP contribution in [0.25, 0.3) is 10.8 Å². The molecule has 1 aliphatic heterocycles. The Morgan fingerprint density at radius 3 is 2.68 bits per heavy atom. The maximum atomic E-state index is 10.9. The van der Waals surface area contributed by atoms with Crippen molar-refractivity contribution >= 4 is 16.7 Å².